The quantitative estimate of drug-likeness (QED) is 0.621. The molecular formula is C22H26ClFN2O5S. The van der Waals surface area contributed by atoms with Crippen LogP contribution >= 0.6 is 11.6 Å². The minimum absolute atomic E-state index is 0.0564. The summed E-state index contributed by atoms with van der Waals surface area (Å²) in [7, 11) is -0.616. The topological polar surface area (TPSA) is 84.9 Å². The third-order valence-electron chi connectivity index (χ3n) is 5.53. The lowest BCUT2D eigenvalue weighted by Crippen LogP contribution is -2.43. The van der Waals surface area contributed by atoms with Crippen LogP contribution in [-0.2, 0) is 21.2 Å². The fourth-order valence-electron chi connectivity index (χ4n) is 3.69. The number of methoxy groups -OCH3 is 2. The van der Waals surface area contributed by atoms with Gasteiger partial charge in [-0.3, -0.25) is 4.79 Å². The molecule has 2 aromatic carbocycles. The Bertz CT molecular complexity index is 1070. The zero-order valence-corrected chi connectivity index (χ0v) is 19.5. The predicted molar refractivity (Wildman–Crippen MR) is 119 cm³/mol. The maximum Gasteiger partial charge on any atom is 0.243 e. The van der Waals surface area contributed by atoms with Crippen molar-refractivity contribution < 1.29 is 27.1 Å². The van der Waals surface area contributed by atoms with Crippen LogP contribution in [-0.4, -0.2) is 52.5 Å². The van der Waals surface area contributed by atoms with Crippen molar-refractivity contribution in [1.29, 1.82) is 0 Å². The fourth-order valence-corrected chi connectivity index (χ4v) is 5.43. The van der Waals surface area contributed by atoms with E-state index in [2.05, 4.69) is 5.32 Å². The molecule has 0 bridgehead atoms. The van der Waals surface area contributed by atoms with E-state index >= 15 is 0 Å². The maximum absolute atomic E-state index is 13.4. The molecule has 3 rings (SSSR count). The standard InChI is InChI=1S/C22H26ClFN2O5S/c1-30-17-3-6-21(31-2)16(13-17)7-10-25-22(27)15-8-11-26(12-9-15)32(28,29)18-4-5-20(24)19(23)14-18/h3-6,13-15H,7-12H2,1-2H3,(H,25,27). The number of rotatable bonds is 8. The number of piperidine rings is 1. The van der Waals surface area contributed by atoms with Gasteiger partial charge < -0.3 is 14.8 Å². The third-order valence-corrected chi connectivity index (χ3v) is 7.72. The molecule has 32 heavy (non-hydrogen) atoms. The van der Waals surface area contributed by atoms with Gasteiger partial charge >= 0.3 is 0 Å². The minimum atomic E-state index is -3.79. The van der Waals surface area contributed by atoms with E-state index in [1.165, 1.54) is 10.4 Å². The second-order valence-electron chi connectivity index (χ2n) is 7.47. The molecular weight excluding hydrogens is 459 g/mol. The average Bonchev–Trinajstić information content (AvgIpc) is 2.80. The number of nitrogens with one attached hydrogen (secondary N) is 1. The van der Waals surface area contributed by atoms with Gasteiger partial charge in [-0.05, 0) is 61.2 Å². The minimum Gasteiger partial charge on any atom is -0.497 e. The zero-order valence-electron chi connectivity index (χ0n) is 17.9. The Morgan fingerprint density at radius 1 is 1.16 bits per heavy atom. The van der Waals surface area contributed by atoms with E-state index in [-0.39, 0.29) is 34.8 Å². The summed E-state index contributed by atoms with van der Waals surface area (Å²) >= 11 is 5.73. The van der Waals surface area contributed by atoms with Crippen LogP contribution in [0.3, 0.4) is 0 Å². The molecule has 0 spiro atoms. The molecule has 7 nitrogen and oxygen atoms in total. The molecule has 1 aliphatic rings. The van der Waals surface area contributed by atoms with Crippen LogP contribution in [0.15, 0.2) is 41.3 Å². The van der Waals surface area contributed by atoms with Gasteiger partial charge in [-0.25, -0.2) is 12.8 Å². The Kier molecular flexibility index (Phi) is 7.97. The lowest BCUT2D eigenvalue weighted by molar-refractivity contribution is -0.126. The van der Waals surface area contributed by atoms with Crippen molar-refractivity contribution in [1.82, 2.24) is 9.62 Å². The summed E-state index contributed by atoms with van der Waals surface area (Å²) in [5.41, 5.74) is 0.922. The molecule has 2 aromatic rings. The Morgan fingerprint density at radius 2 is 1.88 bits per heavy atom. The number of hydrogen-bond donors (Lipinski definition) is 1. The van der Waals surface area contributed by atoms with Crippen molar-refractivity contribution in [3.63, 3.8) is 0 Å². The number of halogens is 2. The van der Waals surface area contributed by atoms with Gasteiger partial charge in [0.15, 0.2) is 0 Å². The Morgan fingerprint density at radius 3 is 2.50 bits per heavy atom. The maximum atomic E-state index is 13.4. The summed E-state index contributed by atoms with van der Waals surface area (Å²) in [5.74, 6) is 0.384. The van der Waals surface area contributed by atoms with Crippen LogP contribution in [0.1, 0.15) is 18.4 Å². The van der Waals surface area contributed by atoms with Gasteiger partial charge in [-0.2, -0.15) is 4.31 Å². The highest BCUT2D eigenvalue weighted by Crippen LogP contribution is 2.27. The lowest BCUT2D eigenvalue weighted by Gasteiger charge is -2.30. The number of ether oxygens (including phenoxy) is 2. The first kappa shape index (κ1) is 24.3. The molecule has 1 amide bonds. The summed E-state index contributed by atoms with van der Waals surface area (Å²) in [4.78, 5) is 12.5. The summed E-state index contributed by atoms with van der Waals surface area (Å²) < 4.78 is 50.8. The summed E-state index contributed by atoms with van der Waals surface area (Å²) in [6.45, 7) is 0.840. The van der Waals surface area contributed by atoms with Gasteiger partial charge in [0.2, 0.25) is 15.9 Å². The normalized spacial score (nSPS) is 15.4. The second kappa shape index (κ2) is 10.5. The molecule has 10 heteroatoms. The van der Waals surface area contributed by atoms with E-state index in [0.717, 1.165) is 23.4 Å². The van der Waals surface area contributed by atoms with Crippen molar-refractivity contribution in [3.8, 4) is 11.5 Å². The molecule has 0 aliphatic carbocycles. The number of nitrogens with zero attached hydrogens (tertiary/aromatic N) is 1. The van der Waals surface area contributed by atoms with Crippen molar-refractivity contribution in [2.45, 2.75) is 24.2 Å². The Balaban J connectivity index is 1.53. The monoisotopic (exact) mass is 484 g/mol. The highest BCUT2D eigenvalue weighted by atomic mass is 35.5. The van der Waals surface area contributed by atoms with Crippen molar-refractivity contribution in [3.05, 3.63) is 52.8 Å². The van der Waals surface area contributed by atoms with E-state index in [9.17, 15) is 17.6 Å². The molecule has 0 unspecified atom stereocenters. The number of carbonyl (C=O) groups excluding carboxylic acids is 1. The molecule has 1 heterocycles. The van der Waals surface area contributed by atoms with Crippen LogP contribution in [0.5, 0.6) is 11.5 Å². The molecule has 1 saturated heterocycles. The van der Waals surface area contributed by atoms with Crippen LogP contribution in [0, 0.1) is 11.7 Å². The van der Waals surface area contributed by atoms with E-state index in [0.29, 0.717) is 31.6 Å². The molecule has 0 aromatic heterocycles. The van der Waals surface area contributed by atoms with Crippen LogP contribution < -0.4 is 14.8 Å². The lowest BCUT2D eigenvalue weighted by atomic mass is 9.97. The van der Waals surface area contributed by atoms with E-state index in [4.69, 9.17) is 21.1 Å². The number of hydrogen-bond acceptors (Lipinski definition) is 5. The molecule has 1 N–H and O–H groups in total. The van der Waals surface area contributed by atoms with Crippen molar-refractivity contribution in [2.24, 2.45) is 5.92 Å². The van der Waals surface area contributed by atoms with Crippen LogP contribution in [0.4, 0.5) is 4.39 Å². The second-order valence-corrected chi connectivity index (χ2v) is 9.82. The van der Waals surface area contributed by atoms with Gasteiger partial charge in [0.1, 0.15) is 17.3 Å². The van der Waals surface area contributed by atoms with Crippen LogP contribution in [0.2, 0.25) is 5.02 Å². The van der Waals surface area contributed by atoms with Crippen molar-refractivity contribution in [2.75, 3.05) is 33.9 Å². The largest absolute Gasteiger partial charge is 0.497 e. The molecule has 174 valence electrons. The van der Waals surface area contributed by atoms with Gasteiger partial charge in [-0.15, -0.1) is 0 Å². The Labute approximate surface area is 192 Å². The van der Waals surface area contributed by atoms with E-state index in [1.807, 2.05) is 18.2 Å². The number of benzene rings is 2. The molecule has 0 saturated carbocycles. The summed E-state index contributed by atoms with van der Waals surface area (Å²) in [6.07, 6.45) is 1.38. The molecule has 1 aliphatic heterocycles. The fraction of sp³-hybridized carbons (Fsp3) is 0.409. The Hall–Kier alpha value is -2.36. The smallest absolute Gasteiger partial charge is 0.243 e. The average molecular weight is 485 g/mol. The highest BCUT2D eigenvalue weighted by molar-refractivity contribution is 7.89. The van der Waals surface area contributed by atoms with Crippen LogP contribution in [0.25, 0.3) is 0 Å². The number of carbonyl (C=O) groups is 1. The SMILES string of the molecule is COc1ccc(OC)c(CCNC(=O)C2CCN(S(=O)(=O)c3ccc(F)c(Cl)c3)CC2)c1. The van der Waals surface area contributed by atoms with E-state index in [1.54, 1.807) is 14.2 Å². The predicted octanol–water partition coefficient (Wildman–Crippen LogP) is 3.26. The van der Waals surface area contributed by atoms with Crippen molar-refractivity contribution >= 4 is 27.5 Å². The van der Waals surface area contributed by atoms with Gasteiger partial charge in [0.25, 0.3) is 0 Å². The van der Waals surface area contributed by atoms with Gasteiger partial charge in [-0.1, -0.05) is 11.6 Å². The number of amides is 1. The molecule has 0 atom stereocenters. The van der Waals surface area contributed by atoms with Gasteiger partial charge in [0.05, 0.1) is 24.1 Å². The zero-order chi connectivity index (χ0) is 23.3. The summed E-state index contributed by atoms with van der Waals surface area (Å²) in [5, 5.41) is 2.68. The first-order valence-corrected chi connectivity index (χ1v) is 12.0. The summed E-state index contributed by atoms with van der Waals surface area (Å²) in [6, 6.07) is 8.84. The van der Waals surface area contributed by atoms with E-state index < -0.39 is 15.8 Å². The third kappa shape index (κ3) is 5.51. The number of sulfonamides is 1. The first-order chi connectivity index (χ1) is 15.3. The molecule has 0 radical (unpaired) electrons. The highest BCUT2D eigenvalue weighted by Gasteiger charge is 2.32. The first-order valence-electron chi connectivity index (χ1n) is 10.2. The van der Waals surface area contributed by atoms with Gasteiger partial charge in [0, 0.05) is 25.6 Å². The molecule has 1 fully saturated rings.